The smallest absolute Gasteiger partial charge is 0.0542 e. The summed E-state index contributed by atoms with van der Waals surface area (Å²) < 4.78 is 7.14. The van der Waals surface area contributed by atoms with Crippen molar-refractivity contribution in [2.45, 2.75) is 6.92 Å². The maximum absolute atomic E-state index is 4.06. The van der Waals surface area contributed by atoms with Gasteiger partial charge in [-0.25, -0.2) is 0 Å². The van der Waals surface area contributed by atoms with Gasteiger partial charge in [0.25, 0.3) is 0 Å². The average molecular weight is 666 g/mol. The molecule has 10 rings (SSSR count). The van der Waals surface area contributed by atoms with Crippen LogP contribution >= 0.6 is 0 Å². The second-order valence-corrected chi connectivity index (χ2v) is 13.4. The summed E-state index contributed by atoms with van der Waals surface area (Å²) >= 11 is 0. The van der Waals surface area contributed by atoms with Gasteiger partial charge < -0.3 is 13.7 Å². The molecule has 0 saturated heterocycles. The molecule has 52 heavy (non-hydrogen) atoms. The van der Waals surface area contributed by atoms with E-state index in [1.807, 2.05) is 6.08 Å². The highest BCUT2D eigenvalue weighted by molar-refractivity contribution is 6.13. The summed E-state index contributed by atoms with van der Waals surface area (Å²) in [4.78, 5) is 0. The summed E-state index contributed by atoms with van der Waals surface area (Å²) in [5, 5.41) is 8.53. The minimum atomic E-state index is 1.15. The van der Waals surface area contributed by atoms with Crippen molar-refractivity contribution >= 4 is 66.7 Å². The van der Waals surface area contributed by atoms with E-state index in [0.29, 0.717) is 0 Å². The molecule has 0 radical (unpaired) electrons. The summed E-state index contributed by atoms with van der Waals surface area (Å²) in [5.74, 6) is 0. The largest absolute Gasteiger partial charge is 0.310 e. The number of rotatable bonds is 5. The van der Waals surface area contributed by atoms with E-state index in [-0.39, 0.29) is 0 Å². The van der Waals surface area contributed by atoms with Gasteiger partial charge in [0.2, 0.25) is 0 Å². The lowest BCUT2D eigenvalue weighted by molar-refractivity contribution is 1.07. The van der Waals surface area contributed by atoms with Crippen LogP contribution in [0.25, 0.3) is 94.9 Å². The van der Waals surface area contributed by atoms with E-state index in [2.05, 4.69) is 203 Å². The zero-order chi connectivity index (χ0) is 34.8. The van der Waals surface area contributed by atoms with Crippen LogP contribution in [0, 0.1) is 0 Å². The summed E-state index contributed by atoms with van der Waals surface area (Å²) in [5.41, 5.74) is 11.8. The Hall–Kier alpha value is -6.84. The molecule has 3 heterocycles. The highest BCUT2D eigenvalue weighted by Gasteiger charge is 2.17. The van der Waals surface area contributed by atoms with Crippen molar-refractivity contribution in [1.29, 1.82) is 0 Å². The van der Waals surface area contributed by atoms with Crippen molar-refractivity contribution in [1.82, 2.24) is 13.7 Å². The van der Waals surface area contributed by atoms with Gasteiger partial charge in [0.05, 0.1) is 27.6 Å². The lowest BCUT2D eigenvalue weighted by Crippen LogP contribution is -2.27. The zero-order valence-electron chi connectivity index (χ0n) is 28.9. The molecule has 0 aliphatic heterocycles. The van der Waals surface area contributed by atoms with Gasteiger partial charge in [0.1, 0.15) is 0 Å². The molecule has 0 aliphatic carbocycles. The number of aromatic nitrogens is 3. The van der Waals surface area contributed by atoms with Crippen LogP contribution in [0.4, 0.5) is 0 Å². The molecule has 0 spiro atoms. The van der Waals surface area contributed by atoms with E-state index in [1.165, 1.54) is 81.9 Å². The second kappa shape index (κ2) is 11.9. The van der Waals surface area contributed by atoms with E-state index < -0.39 is 0 Å². The van der Waals surface area contributed by atoms with Gasteiger partial charge in [-0.2, -0.15) is 0 Å². The lowest BCUT2D eigenvalue weighted by atomic mass is 10.0. The van der Waals surface area contributed by atoms with Crippen LogP contribution in [0.15, 0.2) is 176 Å². The molecule has 0 amide bonds. The molecular weight excluding hydrogens is 631 g/mol. The molecule has 0 saturated carbocycles. The Kier molecular flexibility index (Phi) is 6.87. The molecule has 3 heteroatoms. The van der Waals surface area contributed by atoms with Gasteiger partial charge >= 0.3 is 0 Å². The van der Waals surface area contributed by atoms with Crippen molar-refractivity contribution in [2.75, 3.05) is 0 Å². The first kappa shape index (κ1) is 30.0. The number of nitrogens with zero attached hydrogens (tertiary/aromatic N) is 3. The van der Waals surface area contributed by atoms with Crippen molar-refractivity contribution in [2.24, 2.45) is 0 Å². The Morgan fingerprint density at radius 1 is 0.404 bits per heavy atom. The zero-order valence-corrected chi connectivity index (χ0v) is 28.9. The summed E-state index contributed by atoms with van der Waals surface area (Å²) in [6, 6.07) is 59.5. The third kappa shape index (κ3) is 4.46. The van der Waals surface area contributed by atoms with E-state index >= 15 is 0 Å². The van der Waals surface area contributed by atoms with Crippen molar-refractivity contribution in [3.8, 4) is 28.2 Å². The average Bonchev–Trinajstić information content (AvgIpc) is 3.83. The van der Waals surface area contributed by atoms with E-state index in [1.54, 1.807) is 0 Å². The van der Waals surface area contributed by atoms with E-state index in [9.17, 15) is 0 Å². The number of allylic oxidation sites excluding steroid dienone is 1. The highest BCUT2D eigenvalue weighted by Crippen LogP contribution is 2.38. The fraction of sp³-hybridized carbons (Fsp3) is 0.0204. The standard InChI is InChI=1S/C49H35N3/c1-3-15-38-41-30-33(24-27-47(41)50(44(38)4-2)35-16-7-5-8-17-35)34-25-28-48-42(31-34)39-20-11-14-23-46(39)52(48)37-26-29-49-43(32-37)40-21-12-13-22-45(40)51(49)36-18-9-6-10-19-36/h3-32H,1H2,2H3/b38-15-,44-4+. The van der Waals surface area contributed by atoms with Gasteiger partial charge in [-0.1, -0.05) is 110 Å². The minimum absolute atomic E-state index is 1.15. The molecule has 0 aliphatic rings. The molecule has 0 fully saturated rings. The molecule has 3 aromatic heterocycles. The van der Waals surface area contributed by atoms with E-state index in [4.69, 9.17) is 0 Å². The normalized spacial score (nSPS) is 12.6. The number of benzene rings is 7. The molecular formula is C49H35N3. The van der Waals surface area contributed by atoms with Crippen molar-refractivity contribution < 1.29 is 0 Å². The van der Waals surface area contributed by atoms with Crippen LogP contribution in [0.2, 0.25) is 0 Å². The van der Waals surface area contributed by atoms with Crippen molar-refractivity contribution in [3.05, 3.63) is 187 Å². The van der Waals surface area contributed by atoms with E-state index in [0.717, 1.165) is 11.4 Å². The predicted octanol–water partition coefficient (Wildman–Crippen LogP) is 11.3. The summed E-state index contributed by atoms with van der Waals surface area (Å²) in [6.45, 7) is 6.16. The van der Waals surface area contributed by atoms with Gasteiger partial charge in [-0.15, -0.1) is 0 Å². The highest BCUT2D eigenvalue weighted by atomic mass is 15.0. The molecule has 7 aromatic carbocycles. The SMILES string of the molecule is C=C/C=c1\c(=C/C)n(-c2ccccc2)c2ccc(-c3ccc4c(c3)c3ccccc3n4-c3ccc4c(c3)c3ccccc3n4-c3ccccc3)cc12. The van der Waals surface area contributed by atoms with Crippen LogP contribution in [0.3, 0.4) is 0 Å². The maximum Gasteiger partial charge on any atom is 0.0542 e. The predicted molar refractivity (Wildman–Crippen MR) is 221 cm³/mol. The van der Waals surface area contributed by atoms with Gasteiger partial charge in [-0.3, -0.25) is 0 Å². The number of hydrogen-bond donors (Lipinski definition) is 0. The molecule has 10 aromatic rings. The Morgan fingerprint density at radius 2 is 0.865 bits per heavy atom. The third-order valence-corrected chi connectivity index (χ3v) is 10.6. The second-order valence-electron chi connectivity index (χ2n) is 13.4. The maximum atomic E-state index is 4.06. The Morgan fingerprint density at radius 3 is 1.46 bits per heavy atom. The van der Waals surface area contributed by atoms with Crippen LogP contribution in [-0.2, 0) is 0 Å². The van der Waals surface area contributed by atoms with Gasteiger partial charge in [-0.05, 0) is 96.9 Å². The van der Waals surface area contributed by atoms with Crippen molar-refractivity contribution in [3.63, 3.8) is 0 Å². The first-order chi connectivity index (χ1) is 25.7. The first-order valence-corrected chi connectivity index (χ1v) is 17.8. The van der Waals surface area contributed by atoms with Gasteiger partial charge in [0.15, 0.2) is 0 Å². The van der Waals surface area contributed by atoms with Crippen LogP contribution in [-0.4, -0.2) is 13.7 Å². The third-order valence-electron chi connectivity index (χ3n) is 10.6. The van der Waals surface area contributed by atoms with Crippen LogP contribution in [0.1, 0.15) is 6.92 Å². The monoisotopic (exact) mass is 665 g/mol. The topological polar surface area (TPSA) is 14.8 Å². The number of hydrogen-bond acceptors (Lipinski definition) is 0. The first-order valence-electron chi connectivity index (χ1n) is 17.8. The molecule has 0 unspecified atom stereocenters. The minimum Gasteiger partial charge on any atom is -0.310 e. The summed E-state index contributed by atoms with van der Waals surface area (Å²) in [6.07, 6.45) is 6.22. The number of para-hydroxylation sites is 4. The Labute approximate surface area is 301 Å². The molecule has 3 nitrogen and oxygen atoms in total. The molecule has 0 atom stereocenters. The van der Waals surface area contributed by atoms with Crippen LogP contribution < -0.4 is 10.6 Å². The fourth-order valence-corrected chi connectivity index (χ4v) is 8.33. The summed E-state index contributed by atoms with van der Waals surface area (Å²) in [7, 11) is 0. The Bertz CT molecular complexity index is 3140. The lowest BCUT2D eigenvalue weighted by Gasteiger charge is -2.11. The quantitative estimate of drug-likeness (QED) is 0.174. The fourth-order valence-electron chi connectivity index (χ4n) is 8.33. The molecule has 246 valence electrons. The van der Waals surface area contributed by atoms with Gasteiger partial charge in [0, 0.05) is 54.6 Å². The molecule has 0 N–H and O–H groups in total. The van der Waals surface area contributed by atoms with Crippen LogP contribution in [0.5, 0.6) is 0 Å². The molecule has 0 bridgehead atoms. The Balaban J connectivity index is 1.17. The number of fused-ring (bicyclic) bond motifs is 7.